The molecular formula is C28H29N3. The van der Waals surface area contributed by atoms with Gasteiger partial charge in [-0.2, -0.15) is 0 Å². The number of nitrogens with zero attached hydrogens (tertiary/aromatic N) is 3. The number of hydrogen-bond acceptors (Lipinski definition) is 1. The molecule has 0 aliphatic rings. The molecule has 0 aliphatic heterocycles. The minimum absolute atomic E-state index is 0.369. The highest BCUT2D eigenvalue weighted by Gasteiger charge is 2.24. The molecule has 0 aliphatic carbocycles. The second-order valence-electron chi connectivity index (χ2n) is 8.99. The Labute approximate surface area is 184 Å². The molecule has 0 saturated carbocycles. The number of imidazole rings is 1. The Bertz CT molecular complexity index is 1380. The Balaban J connectivity index is 1.96. The van der Waals surface area contributed by atoms with Crippen LogP contribution in [-0.4, -0.2) is 14.1 Å². The Morgan fingerprint density at radius 3 is 2.23 bits per heavy atom. The van der Waals surface area contributed by atoms with Gasteiger partial charge in [0.25, 0.3) is 0 Å². The molecule has 3 nitrogen and oxygen atoms in total. The maximum absolute atomic E-state index is 4.77. The number of aromatic nitrogens is 3. The predicted octanol–water partition coefficient (Wildman–Crippen LogP) is 7.43. The molecule has 31 heavy (non-hydrogen) atoms. The van der Waals surface area contributed by atoms with Crippen molar-refractivity contribution in [3.8, 4) is 17.1 Å². The van der Waals surface area contributed by atoms with E-state index in [1.165, 1.54) is 38.6 Å². The lowest BCUT2D eigenvalue weighted by Gasteiger charge is -2.23. The monoisotopic (exact) mass is 407 g/mol. The average molecular weight is 408 g/mol. The summed E-state index contributed by atoms with van der Waals surface area (Å²) in [4.78, 5) is 4.77. The van der Waals surface area contributed by atoms with E-state index in [2.05, 4.69) is 111 Å². The first-order chi connectivity index (χ1) is 15.0. The molecule has 2 heterocycles. The van der Waals surface area contributed by atoms with Crippen LogP contribution in [-0.2, 0) is 7.05 Å². The van der Waals surface area contributed by atoms with Gasteiger partial charge < -0.3 is 4.57 Å². The van der Waals surface area contributed by atoms with Gasteiger partial charge in [0.1, 0.15) is 5.82 Å². The van der Waals surface area contributed by atoms with Gasteiger partial charge in [-0.3, -0.25) is 4.57 Å². The number of fused-ring (bicyclic) bond motifs is 3. The SMILES string of the molecule is CC(C)c1cc2c(c(C(C)C)c1-n1ccnc1-c1ccccc1)c1ccccc1n2C. The van der Waals surface area contributed by atoms with Crippen molar-refractivity contribution < 1.29 is 0 Å². The van der Waals surface area contributed by atoms with Crippen molar-refractivity contribution in [2.75, 3.05) is 0 Å². The normalized spacial score (nSPS) is 12.0. The summed E-state index contributed by atoms with van der Waals surface area (Å²) in [6.07, 6.45) is 4.04. The fourth-order valence-corrected chi connectivity index (χ4v) is 4.91. The van der Waals surface area contributed by atoms with E-state index < -0.39 is 0 Å². The van der Waals surface area contributed by atoms with Crippen molar-refractivity contribution in [1.82, 2.24) is 14.1 Å². The molecule has 0 bridgehead atoms. The van der Waals surface area contributed by atoms with E-state index in [1.807, 2.05) is 6.20 Å². The Morgan fingerprint density at radius 1 is 0.806 bits per heavy atom. The first-order valence-corrected chi connectivity index (χ1v) is 11.1. The topological polar surface area (TPSA) is 22.8 Å². The van der Waals surface area contributed by atoms with E-state index in [1.54, 1.807) is 0 Å². The highest BCUT2D eigenvalue weighted by Crippen LogP contribution is 2.42. The number of aryl methyl sites for hydroxylation is 1. The third-order valence-corrected chi connectivity index (χ3v) is 6.36. The minimum Gasteiger partial charge on any atom is -0.344 e. The third kappa shape index (κ3) is 2.99. The Hall–Kier alpha value is -3.33. The lowest BCUT2D eigenvalue weighted by atomic mass is 9.88. The van der Waals surface area contributed by atoms with Gasteiger partial charge in [-0.1, -0.05) is 76.2 Å². The molecule has 0 amide bonds. The van der Waals surface area contributed by atoms with E-state index in [4.69, 9.17) is 4.98 Å². The molecule has 0 N–H and O–H groups in total. The van der Waals surface area contributed by atoms with Crippen molar-refractivity contribution >= 4 is 21.8 Å². The van der Waals surface area contributed by atoms with Gasteiger partial charge in [0.2, 0.25) is 0 Å². The van der Waals surface area contributed by atoms with Crippen molar-refractivity contribution in [2.24, 2.45) is 7.05 Å². The molecule has 3 heteroatoms. The van der Waals surface area contributed by atoms with Crippen molar-refractivity contribution in [3.05, 3.63) is 84.2 Å². The van der Waals surface area contributed by atoms with Crippen LogP contribution in [0, 0.1) is 0 Å². The van der Waals surface area contributed by atoms with Crippen LogP contribution in [0.2, 0.25) is 0 Å². The van der Waals surface area contributed by atoms with E-state index in [-0.39, 0.29) is 0 Å². The van der Waals surface area contributed by atoms with Gasteiger partial charge in [0, 0.05) is 46.8 Å². The molecule has 0 atom stereocenters. The molecular weight excluding hydrogens is 378 g/mol. The fourth-order valence-electron chi connectivity index (χ4n) is 4.91. The smallest absolute Gasteiger partial charge is 0.144 e. The predicted molar refractivity (Wildman–Crippen MR) is 131 cm³/mol. The number of benzene rings is 3. The molecule has 5 aromatic rings. The van der Waals surface area contributed by atoms with Crippen molar-refractivity contribution in [3.63, 3.8) is 0 Å². The molecule has 2 aromatic heterocycles. The van der Waals surface area contributed by atoms with Crippen LogP contribution in [0.1, 0.15) is 50.7 Å². The summed E-state index contributed by atoms with van der Waals surface area (Å²) >= 11 is 0. The Morgan fingerprint density at radius 2 is 1.52 bits per heavy atom. The number of para-hydroxylation sites is 1. The average Bonchev–Trinajstić information content (AvgIpc) is 3.37. The van der Waals surface area contributed by atoms with Crippen LogP contribution < -0.4 is 0 Å². The lowest BCUT2D eigenvalue weighted by molar-refractivity contribution is 0.813. The summed E-state index contributed by atoms with van der Waals surface area (Å²) in [5, 5.41) is 2.68. The largest absolute Gasteiger partial charge is 0.344 e. The Kier molecular flexibility index (Phi) is 4.70. The van der Waals surface area contributed by atoms with Gasteiger partial charge in [-0.05, 0) is 35.1 Å². The van der Waals surface area contributed by atoms with Crippen LogP contribution in [0.3, 0.4) is 0 Å². The lowest BCUT2D eigenvalue weighted by Crippen LogP contribution is -2.09. The van der Waals surface area contributed by atoms with Gasteiger partial charge in [-0.25, -0.2) is 4.98 Å². The van der Waals surface area contributed by atoms with E-state index in [0.29, 0.717) is 11.8 Å². The van der Waals surface area contributed by atoms with E-state index in [0.717, 1.165) is 11.4 Å². The second-order valence-corrected chi connectivity index (χ2v) is 8.99. The molecule has 0 saturated heterocycles. The zero-order valence-electron chi connectivity index (χ0n) is 18.9. The van der Waals surface area contributed by atoms with Crippen LogP contribution in [0.4, 0.5) is 0 Å². The maximum atomic E-state index is 4.77. The summed E-state index contributed by atoms with van der Waals surface area (Å²) in [7, 11) is 2.19. The van der Waals surface area contributed by atoms with Crippen LogP contribution in [0.15, 0.2) is 73.1 Å². The molecule has 5 rings (SSSR count). The summed E-state index contributed by atoms with van der Waals surface area (Å²) < 4.78 is 4.65. The highest BCUT2D eigenvalue weighted by atomic mass is 15.1. The van der Waals surface area contributed by atoms with Crippen LogP contribution in [0.5, 0.6) is 0 Å². The number of rotatable bonds is 4. The highest BCUT2D eigenvalue weighted by molar-refractivity contribution is 6.11. The molecule has 0 spiro atoms. The molecule has 0 fully saturated rings. The summed E-state index contributed by atoms with van der Waals surface area (Å²) in [6, 6.07) is 21.6. The summed E-state index contributed by atoms with van der Waals surface area (Å²) in [5.74, 6) is 1.75. The van der Waals surface area contributed by atoms with Crippen molar-refractivity contribution in [2.45, 2.75) is 39.5 Å². The van der Waals surface area contributed by atoms with Crippen LogP contribution in [0.25, 0.3) is 38.9 Å². The van der Waals surface area contributed by atoms with E-state index in [9.17, 15) is 0 Å². The molecule has 156 valence electrons. The van der Waals surface area contributed by atoms with Crippen LogP contribution >= 0.6 is 0 Å². The summed E-state index contributed by atoms with van der Waals surface area (Å²) in [6.45, 7) is 9.19. The first-order valence-electron chi connectivity index (χ1n) is 11.1. The molecule has 0 unspecified atom stereocenters. The fraction of sp³-hybridized carbons (Fsp3) is 0.250. The maximum Gasteiger partial charge on any atom is 0.144 e. The van der Waals surface area contributed by atoms with Gasteiger partial charge in [-0.15, -0.1) is 0 Å². The van der Waals surface area contributed by atoms with Gasteiger partial charge >= 0.3 is 0 Å². The minimum atomic E-state index is 0.369. The molecule has 0 radical (unpaired) electrons. The number of hydrogen-bond donors (Lipinski definition) is 0. The summed E-state index contributed by atoms with van der Waals surface area (Å²) in [5.41, 5.74) is 7.75. The van der Waals surface area contributed by atoms with E-state index >= 15 is 0 Å². The van der Waals surface area contributed by atoms with Gasteiger partial charge in [0.05, 0.1) is 5.69 Å². The second kappa shape index (κ2) is 7.42. The van der Waals surface area contributed by atoms with Crippen molar-refractivity contribution in [1.29, 1.82) is 0 Å². The first kappa shape index (κ1) is 19.6. The molecule has 3 aromatic carbocycles. The third-order valence-electron chi connectivity index (χ3n) is 6.36. The quantitative estimate of drug-likeness (QED) is 0.304. The standard InChI is InChI=1S/C28H29N3/c1-18(2)22-17-24-26(21-13-9-10-14-23(21)30(24)5)25(19(3)4)27(22)31-16-15-29-28(31)20-11-7-6-8-12-20/h6-19H,1-5H3. The zero-order chi connectivity index (χ0) is 21.7. The van der Waals surface area contributed by atoms with Gasteiger partial charge in [0.15, 0.2) is 0 Å². The zero-order valence-corrected chi connectivity index (χ0v) is 18.9.